The molecule has 1 saturated heterocycles. The zero-order valence-corrected chi connectivity index (χ0v) is 11.5. The van der Waals surface area contributed by atoms with Crippen LogP contribution in [-0.4, -0.2) is 29.7 Å². The summed E-state index contributed by atoms with van der Waals surface area (Å²) in [7, 11) is 1.59. The fourth-order valence-corrected chi connectivity index (χ4v) is 2.66. The predicted molar refractivity (Wildman–Crippen MR) is 72.9 cm³/mol. The molecule has 2 rings (SSSR count). The van der Waals surface area contributed by atoms with Crippen molar-refractivity contribution in [1.29, 1.82) is 0 Å². The van der Waals surface area contributed by atoms with E-state index in [4.69, 9.17) is 4.74 Å². The summed E-state index contributed by atoms with van der Waals surface area (Å²) in [4.78, 5) is 2.51. The standard InChI is InChI=1S/C15H23NO2/c1-11-4-5-12(2)16(9-11)10-13-6-7-14(17)15(8-13)18-3/h6-8,11-12,17H,4-5,9-10H2,1-3H3. The lowest BCUT2D eigenvalue weighted by Crippen LogP contribution is -2.40. The summed E-state index contributed by atoms with van der Waals surface area (Å²) in [5, 5.41) is 9.60. The number of benzene rings is 1. The highest BCUT2D eigenvalue weighted by atomic mass is 16.5. The average molecular weight is 249 g/mol. The Morgan fingerprint density at radius 3 is 2.83 bits per heavy atom. The summed E-state index contributed by atoms with van der Waals surface area (Å²) < 4.78 is 5.15. The molecule has 0 amide bonds. The number of aromatic hydroxyl groups is 1. The lowest BCUT2D eigenvalue weighted by molar-refractivity contribution is 0.117. The van der Waals surface area contributed by atoms with Crippen LogP contribution >= 0.6 is 0 Å². The second-order valence-corrected chi connectivity index (χ2v) is 5.47. The van der Waals surface area contributed by atoms with Gasteiger partial charge in [0.25, 0.3) is 0 Å². The summed E-state index contributed by atoms with van der Waals surface area (Å²) in [6.07, 6.45) is 2.60. The summed E-state index contributed by atoms with van der Waals surface area (Å²) in [6.45, 7) is 6.70. The second-order valence-electron chi connectivity index (χ2n) is 5.47. The van der Waals surface area contributed by atoms with E-state index in [1.807, 2.05) is 12.1 Å². The molecule has 2 atom stereocenters. The van der Waals surface area contributed by atoms with Gasteiger partial charge in [0, 0.05) is 19.1 Å². The normalized spacial score (nSPS) is 25.1. The van der Waals surface area contributed by atoms with Gasteiger partial charge in [0.05, 0.1) is 7.11 Å². The van der Waals surface area contributed by atoms with Crippen LogP contribution in [0.25, 0.3) is 0 Å². The molecule has 1 heterocycles. The number of hydrogen-bond acceptors (Lipinski definition) is 3. The Bertz CT molecular complexity index is 405. The fourth-order valence-electron chi connectivity index (χ4n) is 2.66. The minimum absolute atomic E-state index is 0.210. The highest BCUT2D eigenvalue weighted by Crippen LogP contribution is 2.28. The molecule has 0 saturated carbocycles. The van der Waals surface area contributed by atoms with Gasteiger partial charge in [-0.1, -0.05) is 13.0 Å². The Hall–Kier alpha value is -1.22. The molecule has 1 fully saturated rings. The third kappa shape index (κ3) is 2.96. The van der Waals surface area contributed by atoms with Gasteiger partial charge >= 0.3 is 0 Å². The van der Waals surface area contributed by atoms with Crippen molar-refractivity contribution in [2.24, 2.45) is 5.92 Å². The van der Waals surface area contributed by atoms with Crippen LogP contribution in [0, 0.1) is 5.92 Å². The molecule has 3 nitrogen and oxygen atoms in total. The van der Waals surface area contributed by atoms with E-state index < -0.39 is 0 Å². The number of rotatable bonds is 3. The number of hydrogen-bond donors (Lipinski definition) is 1. The number of phenols is 1. The minimum Gasteiger partial charge on any atom is -0.504 e. The first-order chi connectivity index (χ1) is 8.60. The zero-order valence-electron chi connectivity index (χ0n) is 11.5. The van der Waals surface area contributed by atoms with Gasteiger partial charge in [0.1, 0.15) is 0 Å². The molecule has 0 radical (unpaired) electrons. The Kier molecular flexibility index (Phi) is 4.12. The summed E-state index contributed by atoms with van der Waals surface area (Å²) in [5.41, 5.74) is 1.20. The van der Waals surface area contributed by atoms with Crippen molar-refractivity contribution in [2.45, 2.75) is 39.3 Å². The van der Waals surface area contributed by atoms with E-state index in [0.29, 0.717) is 11.8 Å². The topological polar surface area (TPSA) is 32.7 Å². The summed E-state index contributed by atoms with van der Waals surface area (Å²) in [5.74, 6) is 1.55. The van der Waals surface area contributed by atoms with E-state index in [1.165, 1.54) is 18.4 Å². The van der Waals surface area contributed by atoms with Gasteiger partial charge in [0.15, 0.2) is 11.5 Å². The van der Waals surface area contributed by atoms with Gasteiger partial charge in [-0.3, -0.25) is 4.90 Å². The van der Waals surface area contributed by atoms with Crippen LogP contribution in [0.1, 0.15) is 32.3 Å². The van der Waals surface area contributed by atoms with Crippen molar-refractivity contribution in [3.63, 3.8) is 0 Å². The van der Waals surface area contributed by atoms with E-state index in [2.05, 4.69) is 18.7 Å². The SMILES string of the molecule is COc1cc(CN2CC(C)CCC2C)ccc1O. The third-order valence-corrected chi connectivity index (χ3v) is 3.88. The number of piperidine rings is 1. The molecule has 1 N–H and O–H groups in total. The fraction of sp³-hybridized carbons (Fsp3) is 0.600. The lowest BCUT2D eigenvalue weighted by atomic mass is 9.94. The van der Waals surface area contributed by atoms with Crippen LogP contribution in [0.3, 0.4) is 0 Å². The summed E-state index contributed by atoms with van der Waals surface area (Å²) in [6, 6.07) is 6.26. The molecule has 1 aromatic rings. The van der Waals surface area contributed by atoms with Crippen molar-refractivity contribution in [2.75, 3.05) is 13.7 Å². The van der Waals surface area contributed by atoms with Crippen molar-refractivity contribution in [3.05, 3.63) is 23.8 Å². The zero-order chi connectivity index (χ0) is 13.1. The first-order valence-electron chi connectivity index (χ1n) is 6.70. The maximum Gasteiger partial charge on any atom is 0.160 e. The molecule has 1 aliphatic heterocycles. The minimum atomic E-state index is 0.210. The third-order valence-electron chi connectivity index (χ3n) is 3.88. The van der Waals surface area contributed by atoms with Crippen LogP contribution in [0.4, 0.5) is 0 Å². The molecule has 0 aliphatic carbocycles. The van der Waals surface area contributed by atoms with Gasteiger partial charge in [-0.25, -0.2) is 0 Å². The highest BCUT2D eigenvalue weighted by Gasteiger charge is 2.22. The first kappa shape index (κ1) is 13.2. The molecular weight excluding hydrogens is 226 g/mol. The highest BCUT2D eigenvalue weighted by molar-refractivity contribution is 5.41. The molecule has 0 spiro atoms. The Labute approximate surface area is 109 Å². The molecule has 0 bridgehead atoms. The average Bonchev–Trinajstić information content (AvgIpc) is 2.36. The number of phenolic OH excluding ortho intramolecular Hbond substituents is 1. The van der Waals surface area contributed by atoms with E-state index in [1.54, 1.807) is 13.2 Å². The van der Waals surface area contributed by atoms with Crippen molar-refractivity contribution < 1.29 is 9.84 Å². The molecule has 0 aromatic heterocycles. The smallest absolute Gasteiger partial charge is 0.160 e. The molecule has 1 aliphatic rings. The Morgan fingerprint density at radius 2 is 2.11 bits per heavy atom. The van der Waals surface area contributed by atoms with Crippen molar-refractivity contribution in [3.8, 4) is 11.5 Å². The number of nitrogens with zero attached hydrogens (tertiary/aromatic N) is 1. The molecule has 2 unspecified atom stereocenters. The van der Waals surface area contributed by atoms with Crippen LogP contribution in [0.2, 0.25) is 0 Å². The van der Waals surface area contributed by atoms with Crippen LogP contribution < -0.4 is 4.74 Å². The van der Waals surface area contributed by atoms with Gasteiger partial charge in [0.2, 0.25) is 0 Å². The van der Waals surface area contributed by atoms with Crippen LogP contribution in [-0.2, 0) is 6.54 Å². The largest absolute Gasteiger partial charge is 0.504 e. The molecule has 3 heteroatoms. The van der Waals surface area contributed by atoms with Crippen LogP contribution in [0.5, 0.6) is 11.5 Å². The van der Waals surface area contributed by atoms with Crippen molar-refractivity contribution in [1.82, 2.24) is 4.90 Å². The van der Waals surface area contributed by atoms with E-state index >= 15 is 0 Å². The first-order valence-corrected chi connectivity index (χ1v) is 6.70. The van der Waals surface area contributed by atoms with Gasteiger partial charge in [-0.15, -0.1) is 0 Å². The maximum absolute atomic E-state index is 9.60. The van der Waals surface area contributed by atoms with Crippen molar-refractivity contribution >= 4 is 0 Å². The molecule has 1 aromatic carbocycles. The maximum atomic E-state index is 9.60. The van der Waals surface area contributed by atoms with E-state index in [9.17, 15) is 5.11 Å². The van der Waals surface area contributed by atoms with Gasteiger partial charge < -0.3 is 9.84 Å². The van der Waals surface area contributed by atoms with Gasteiger partial charge in [-0.2, -0.15) is 0 Å². The Morgan fingerprint density at radius 1 is 1.33 bits per heavy atom. The van der Waals surface area contributed by atoms with E-state index in [-0.39, 0.29) is 5.75 Å². The molecular formula is C15H23NO2. The molecule has 18 heavy (non-hydrogen) atoms. The number of methoxy groups -OCH3 is 1. The number of ether oxygens (including phenoxy) is 1. The summed E-state index contributed by atoms with van der Waals surface area (Å²) >= 11 is 0. The van der Waals surface area contributed by atoms with E-state index in [0.717, 1.165) is 19.0 Å². The molecule has 100 valence electrons. The monoisotopic (exact) mass is 249 g/mol. The quantitative estimate of drug-likeness (QED) is 0.893. The second kappa shape index (κ2) is 5.61. The predicted octanol–water partition coefficient (Wildman–Crippen LogP) is 3.02. The van der Waals surface area contributed by atoms with Gasteiger partial charge in [-0.05, 0) is 43.4 Å². The van der Waals surface area contributed by atoms with Crippen LogP contribution in [0.15, 0.2) is 18.2 Å². The Balaban J connectivity index is 2.08. The number of likely N-dealkylation sites (tertiary alicyclic amines) is 1. The lowest BCUT2D eigenvalue weighted by Gasteiger charge is -2.36.